The summed E-state index contributed by atoms with van der Waals surface area (Å²) < 4.78 is 43.8. The second-order valence-electron chi connectivity index (χ2n) is 9.43. The van der Waals surface area contributed by atoms with E-state index in [1.165, 1.54) is 37.8 Å². The number of piperazine rings is 1. The fraction of sp³-hybridized carbons (Fsp3) is 0.320. The predicted molar refractivity (Wildman–Crippen MR) is 137 cm³/mol. The Morgan fingerprint density at radius 3 is 2.53 bits per heavy atom. The van der Waals surface area contributed by atoms with Crippen LogP contribution in [0.4, 0.5) is 18.9 Å². The third kappa shape index (κ3) is 4.66. The van der Waals surface area contributed by atoms with Crippen LogP contribution in [0.25, 0.3) is 22.4 Å². The fourth-order valence-corrected chi connectivity index (χ4v) is 4.70. The van der Waals surface area contributed by atoms with Crippen molar-refractivity contribution in [2.75, 3.05) is 18.0 Å². The third-order valence-electron chi connectivity index (χ3n) is 6.57. The van der Waals surface area contributed by atoms with Crippen molar-refractivity contribution in [1.82, 2.24) is 19.7 Å². The molecule has 3 aromatic rings. The molecule has 0 spiro atoms. The molecule has 2 aromatic heterocycles. The van der Waals surface area contributed by atoms with Crippen molar-refractivity contribution in [3.05, 3.63) is 47.9 Å². The van der Waals surface area contributed by atoms with Gasteiger partial charge in [0, 0.05) is 55.6 Å². The average molecular weight is 529 g/mol. The Hall–Kier alpha value is -4.42. The van der Waals surface area contributed by atoms with Gasteiger partial charge in [-0.15, -0.1) is 0 Å². The van der Waals surface area contributed by atoms with E-state index >= 15 is 0 Å². The molecule has 0 radical (unpaired) electrons. The highest BCUT2D eigenvalue weighted by Crippen LogP contribution is 2.41. The highest BCUT2D eigenvalue weighted by atomic mass is 19.4. The molecule has 38 heavy (non-hydrogen) atoms. The number of hydrogen-bond donors (Lipinski definition) is 3. The summed E-state index contributed by atoms with van der Waals surface area (Å²) in [6, 6.07) is 5.24. The lowest BCUT2D eigenvalue weighted by atomic mass is 9.95. The molecule has 1 fully saturated rings. The van der Waals surface area contributed by atoms with Gasteiger partial charge in [-0.05, 0) is 32.0 Å². The molecule has 1 saturated heterocycles. The van der Waals surface area contributed by atoms with Crippen molar-refractivity contribution >= 4 is 29.7 Å². The van der Waals surface area contributed by atoms with Gasteiger partial charge < -0.3 is 20.5 Å². The van der Waals surface area contributed by atoms with E-state index in [1.807, 2.05) is 0 Å². The number of carbonyl (C=O) groups excluding carboxylic acids is 2. The summed E-state index contributed by atoms with van der Waals surface area (Å²) in [5, 5.41) is 11.4. The number of alkyl halides is 3. The first kappa shape index (κ1) is 26.6. The molecule has 0 saturated carbocycles. The van der Waals surface area contributed by atoms with E-state index in [4.69, 9.17) is 11.1 Å². The van der Waals surface area contributed by atoms with Crippen LogP contribution in [-0.2, 0) is 22.8 Å². The Kier molecular flexibility index (Phi) is 6.64. The summed E-state index contributed by atoms with van der Waals surface area (Å²) in [5.74, 6) is -0.944. The number of nitrogens with two attached hydrogens (primary N) is 1. The predicted octanol–water partition coefficient (Wildman–Crippen LogP) is 3.39. The third-order valence-corrected chi connectivity index (χ3v) is 6.57. The topological polar surface area (TPSA) is 136 Å². The minimum Gasteiger partial charge on any atom is -0.382 e. The summed E-state index contributed by atoms with van der Waals surface area (Å²) >= 11 is 0. The lowest BCUT2D eigenvalue weighted by Crippen LogP contribution is -2.64. The summed E-state index contributed by atoms with van der Waals surface area (Å²) in [4.78, 5) is 34.8. The van der Waals surface area contributed by atoms with Crippen LogP contribution in [-0.4, -0.2) is 62.3 Å². The number of amidine groups is 1. The Labute approximate surface area is 216 Å². The van der Waals surface area contributed by atoms with E-state index in [9.17, 15) is 22.8 Å². The van der Waals surface area contributed by atoms with Crippen LogP contribution in [0.1, 0.15) is 32.0 Å². The zero-order valence-electron chi connectivity index (χ0n) is 21.2. The second-order valence-corrected chi connectivity index (χ2v) is 9.43. The largest absolute Gasteiger partial charge is 0.418 e. The van der Waals surface area contributed by atoms with Gasteiger partial charge in [0.05, 0.1) is 23.1 Å². The molecule has 2 amide bonds. The Morgan fingerprint density at radius 2 is 1.95 bits per heavy atom. The van der Waals surface area contributed by atoms with Crippen LogP contribution < -0.4 is 10.6 Å². The number of hydrogen-bond acceptors (Lipinski definition) is 4. The first-order valence-corrected chi connectivity index (χ1v) is 11.6. The van der Waals surface area contributed by atoms with Gasteiger partial charge in [-0.25, -0.2) is 4.99 Å². The van der Waals surface area contributed by atoms with Crippen molar-refractivity contribution in [1.29, 1.82) is 5.41 Å². The standard InChI is InChI=1S/C25H27F3N8O2/c1-14(37)36-8-7-35(23(38)24(36,2)3)20-9-15(5-6-18(20)25(26,27)28)19-10-17(16-11-32-34(4)12-16)21(33-19)22(30)31-13-29/h5-6,9-13,33H,7-8H2,1-4H3,(H3,29,30,31). The van der Waals surface area contributed by atoms with Crippen molar-refractivity contribution in [2.45, 2.75) is 32.5 Å². The van der Waals surface area contributed by atoms with Crippen molar-refractivity contribution in [2.24, 2.45) is 17.8 Å². The van der Waals surface area contributed by atoms with Gasteiger partial charge >= 0.3 is 6.18 Å². The van der Waals surface area contributed by atoms with Crippen molar-refractivity contribution in [3.8, 4) is 22.4 Å². The Balaban J connectivity index is 1.87. The molecule has 13 heteroatoms. The number of aromatic nitrogens is 3. The number of carbonyl (C=O) groups is 2. The maximum absolute atomic E-state index is 14.1. The summed E-state index contributed by atoms with van der Waals surface area (Å²) in [7, 11) is 1.73. The number of aryl methyl sites for hydroxylation is 1. The quantitative estimate of drug-likeness (QED) is 0.345. The van der Waals surface area contributed by atoms with Crippen LogP contribution in [0.2, 0.25) is 0 Å². The Morgan fingerprint density at radius 1 is 1.24 bits per heavy atom. The first-order chi connectivity index (χ1) is 17.8. The molecule has 200 valence electrons. The smallest absolute Gasteiger partial charge is 0.382 e. The van der Waals surface area contributed by atoms with Gasteiger partial charge in [-0.3, -0.25) is 19.7 Å². The highest BCUT2D eigenvalue weighted by molar-refractivity contribution is 6.06. The number of rotatable bonds is 5. The number of H-pyrrole nitrogens is 1. The monoisotopic (exact) mass is 528 g/mol. The molecule has 3 heterocycles. The summed E-state index contributed by atoms with van der Waals surface area (Å²) in [5.41, 5.74) is 5.88. The molecule has 1 aliphatic heterocycles. The number of amides is 2. The lowest BCUT2D eigenvalue weighted by molar-refractivity contribution is -0.146. The molecule has 4 rings (SSSR count). The van der Waals surface area contributed by atoms with Gasteiger partial charge in [0.2, 0.25) is 5.91 Å². The number of aliphatic imine (C=N–C) groups is 1. The molecule has 0 unspecified atom stereocenters. The molecular weight excluding hydrogens is 501 g/mol. The second kappa shape index (κ2) is 9.47. The SMILES string of the molecule is CC(=O)N1CCN(c2cc(-c3cc(-c4cnn(C)c4)c(/C(N)=N\C=N)[nH]3)ccc2C(F)(F)F)C(=O)C1(C)C. The molecule has 10 nitrogen and oxygen atoms in total. The van der Waals surface area contributed by atoms with Crippen LogP contribution in [0.15, 0.2) is 41.7 Å². The average Bonchev–Trinajstić information content (AvgIpc) is 3.46. The molecule has 0 atom stereocenters. The number of benzene rings is 1. The zero-order chi connectivity index (χ0) is 28.0. The van der Waals surface area contributed by atoms with E-state index in [1.54, 1.807) is 30.2 Å². The zero-order valence-corrected chi connectivity index (χ0v) is 21.2. The van der Waals surface area contributed by atoms with Crippen LogP contribution >= 0.6 is 0 Å². The molecule has 4 N–H and O–H groups in total. The van der Waals surface area contributed by atoms with Crippen molar-refractivity contribution in [3.63, 3.8) is 0 Å². The molecule has 0 aliphatic carbocycles. The van der Waals surface area contributed by atoms with Gasteiger partial charge in [-0.2, -0.15) is 18.3 Å². The lowest BCUT2D eigenvalue weighted by Gasteiger charge is -2.46. The Bertz CT molecular complexity index is 1450. The van der Waals surface area contributed by atoms with Gasteiger partial charge in [-0.1, -0.05) is 6.07 Å². The number of nitrogens with one attached hydrogen (secondary N) is 2. The number of halogens is 3. The number of nitrogens with zero attached hydrogens (tertiary/aromatic N) is 5. The fourth-order valence-electron chi connectivity index (χ4n) is 4.70. The number of anilines is 1. The van der Waals surface area contributed by atoms with Crippen molar-refractivity contribution < 1.29 is 22.8 Å². The number of aromatic amines is 1. The molecular formula is C25H27F3N8O2. The maximum atomic E-state index is 14.1. The summed E-state index contributed by atoms with van der Waals surface area (Å²) in [6.07, 6.45) is -0.602. The molecule has 1 aromatic carbocycles. The van der Waals surface area contributed by atoms with E-state index in [2.05, 4.69) is 15.1 Å². The van der Waals surface area contributed by atoms with Crippen LogP contribution in [0.3, 0.4) is 0 Å². The van der Waals surface area contributed by atoms with E-state index in [0.717, 1.165) is 17.3 Å². The van der Waals surface area contributed by atoms with Gasteiger partial charge in [0.1, 0.15) is 17.7 Å². The maximum Gasteiger partial charge on any atom is 0.418 e. The van der Waals surface area contributed by atoms with Gasteiger partial charge in [0.15, 0.2) is 0 Å². The van der Waals surface area contributed by atoms with E-state index < -0.39 is 23.2 Å². The van der Waals surface area contributed by atoms with E-state index in [-0.39, 0.29) is 30.5 Å². The summed E-state index contributed by atoms with van der Waals surface area (Å²) in [6.45, 7) is 4.35. The van der Waals surface area contributed by atoms with Crippen LogP contribution in [0.5, 0.6) is 0 Å². The minimum absolute atomic E-state index is 0.00882. The molecule has 1 aliphatic rings. The van der Waals surface area contributed by atoms with Crippen LogP contribution in [0, 0.1) is 5.41 Å². The normalized spacial score (nSPS) is 16.2. The van der Waals surface area contributed by atoms with Gasteiger partial charge in [0.25, 0.3) is 5.91 Å². The highest BCUT2D eigenvalue weighted by Gasteiger charge is 2.46. The molecule has 0 bridgehead atoms. The minimum atomic E-state index is -4.72. The first-order valence-electron chi connectivity index (χ1n) is 11.6. The van der Waals surface area contributed by atoms with E-state index in [0.29, 0.717) is 28.1 Å².